The number of nitrogens with one attached hydrogen (secondary N) is 1. The maximum atomic E-state index is 12.0. The summed E-state index contributed by atoms with van der Waals surface area (Å²) in [5.74, 6) is 1.44. The number of hydrogen-bond donors (Lipinski definition) is 2. The number of unbranched alkanes of at least 4 members (excludes halogenated alkanes) is 2. The Hall–Kier alpha value is -2.95. The fourth-order valence-electron chi connectivity index (χ4n) is 2.72. The number of rotatable bonds is 11. The molecule has 5 heteroatoms. The van der Waals surface area contributed by atoms with Crippen LogP contribution < -0.4 is 14.8 Å². The fraction of sp³-hybridized carbons (Fsp3) is 0.348. The summed E-state index contributed by atoms with van der Waals surface area (Å²) in [6, 6.07) is 12.6. The van der Waals surface area contributed by atoms with Crippen molar-refractivity contribution in [2.75, 3.05) is 20.3 Å². The van der Waals surface area contributed by atoms with E-state index in [0.29, 0.717) is 31.1 Å². The van der Waals surface area contributed by atoms with Crippen LogP contribution in [-0.4, -0.2) is 31.3 Å². The van der Waals surface area contributed by atoms with Crippen LogP contribution in [0.15, 0.2) is 48.5 Å². The van der Waals surface area contributed by atoms with Crippen molar-refractivity contribution in [1.29, 1.82) is 0 Å². The predicted octanol–water partition coefficient (Wildman–Crippen LogP) is 4.34. The summed E-state index contributed by atoms with van der Waals surface area (Å²) in [6.45, 7) is 3.30. The lowest BCUT2D eigenvalue weighted by Gasteiger charge is -2.11. The molecule has 2 rings (SSSR count). The second kappa shape index (κ2) is 11.7. The van der Waals surface area contributed by atoms with Crippen LogP contribution in [-0.2, 0) is 11.2 Å². The van der Waals surface area contributed by atoms with Crippen molar-refractivity contribution in [3.63, 3.8) is 0 Å². The topological polar surface area (TPSA) is 67.8 Å². The summed E-state index contributed by atoms with van der Waals surface area (Å²) >= 11 is 0. The molecule has 0 fully saturated rings. The minimum absolute atomic E-state index is 0.165. The number of aromatic hydroxyl groups is 1. The molecule has 0 atom stereocenters. The molecule has 2 N–H and O–H groups in total. The second-order valence-corrected chi connectivity index (χ2v) is 6.51. The maximum absolute atomic E-state index is 12.0. The van der Waals surface area contributed by atoms with E-state index in [1.807, 2.05) is 24.3 Å². The quantitative estimate of drug-likeness (QED) is 0.447. The van der Waals surface area contributed by atoms with Crippen molar-refractivity contribution in [2.24, 2.45) is 0 Å². The summed E-state index contributed by atoms with van der Waals surface area (Å²) in [5.41, 5.74) is 1.85. The highest BCUT2D eigenvalue weighted by molar-refractivity contribution is 5.91. The van der Waals surface area contributed by atoms with Crippen molar-refractivity contribution >= 4 is 12.0 Å². The summed E-state index contributed by atoms with van der Waals surface area (Å²) in [7, 11) is 1.61. The smallest absolute Gasteiger partial charge is 0.244 e. The number of amides is 1. The maximum Gasteiger partial charge on any atom is 0.244 e. The molecule has 0 spiro atoms. The minimum Gasteiger partial charge on any atom is -0.508 e. The van der Waals surface area contributed by atoms with Crippen LogP contribution in [0.3, 0.4) is 0 Å². The van der Waals surface area contributed by atoms with Gasteiger partial charge in [0.1, 0.15) is 5.75 Å². The van der Waals surface area contributed by atoms with Crippen LogP contribution in [0, 0.1) is 0 Å². The molecule has 0 aliphatic heterocycles. The first kappa shape index (κ1) is 21.4. The first-order chi connectivity index (χ1) is 13.6. The molecule has 1 amide bonds. The Bertz CT molecular complexity index is 786. The van der Waals surface area contributed by atoms with Crippen LogP contribution in [0.1, 0.15) is 37.3 Å². The van der Waals surface area contributed by atoms with Gasteiger partial charge in [-0.05, 0) is 54.3 Å². The zero-order valence-corrected chi connectivity index (χ0v) is 16.6. The molecule has 28 heavy (non-hydrogen) atoms. The third-order valence-corrected chi connectivity index (χ3v) is 4.24. The van der Waals surface area contributed by atoms with E-state index in [0.717, 1.165) is 30.4 Å². The highest BCUT2D eigenvalue weighted by Crippen LogP contribution is 2.28. The lowest BCUT2D eigenvalue weighted by Crippen LogP contribution is -2.23. The van der Waals surface area contributed by atoms with Gasteiger partial charge in [0, 0.05) is 12.6 Å². The molecule has 2 aromatic rings. The van der Waals surface area contributed by atoms with Crippen LogP contribution in [0.25, 0.3) is 6.08 Å². The Labute approximate surface area is 167 Å². The number of hydrogen-bond acceptors (Lipinski definition) is 4. The van der Waals surface area contributed by atoms with Crippen LogP contribution in [0.2, 0.25) is 0 Å². The van der Waals surface area contributed by atoms with Gasteiger partial charge in [-0.1, -0.05) is 38.0 Å². The molecule has 0 heterocycles. The average molecular weight is 383 g/mol. The number of carbonyl (C=O) groups excluding carboxylic acids is 1. The number of phenols is 1. The number of phenolic OH excluding ortho intramolecular Hbond substituents is 1. The summed E-state index contributed by atoms with van der Waals surface area (Å²) in [4.78, 5) is 12.0. The van der Waals surface area contributed by atoms with Crippen molar-refractivity contribution in [2.45, 2.75) is 32.6 Å². The third kappa shape index (κ3) is 7.35. The van der Waals surface area contributed by atoms with Crippen LogP contribution in [0.5, 0.6) is 17.2 Å². The van der Waals surface area contributed by atoms with E-state index in [4.69, 9.17) is 9.47 Å². The van der Waals surface area contributed by atoms with Gasteiger partial charge in [-0.15, -0.1) is 0 Å². The molecule has 0 saturated carbocycles. The monoisotopic (exact) mass is 383 g/mol. The molecule has 0 bridgehead atoms. The van der Waals surface area contributed by atoms with E-state index in [2.05, 4.69) is 12.2 Å². The van der Waals surface area contributed by atoms with Gasteiger partial charge in [0.15, 0.2) is 11.5 Å². The molecule has 0 aromatic heterocycles. The first-order valence-corrected chi connectivity index (χ1v) is 9.67. The molecule has 0 saturated heterocycles. The van der Waals surface area contributed by atoms with Crippen LogP contribution in [0.4, 0.5) is 0 Å². The van der Waals surface area contributed by atoms with Crippen LogP contribution >= 0.6 is 0 Å². The van der Waals surface area contributed by atoms with Gasteiger partial charge in [-0.25, -0.2) is 0 Å². The van der Waals surface area contributed by atoms with E-state index in [1.165, 1.54) is 6.08 Å². The largest absolute Gasteiger partial charge is 0.508 e. The zero-order valence-electron chi connectivity index (χ0n) is 16.6. The number of ether oxygens (including phenoxy) is 2. The number of carbonyl (C=O) groups is 1. The Balaban J connectivity index is 1.86. The van der Waals surface area contributed by atoms with Gasteiger partial charge in [0.25, 0.3) is 0 Å². The molecule has 5 nitrogen and oxygen atoms in total. The SMILES string of the molecule is CCCCCOc1cc(/C=C/C(=O)NCCc2cccc(O)c2)ccc1OC. The van der Waals surface area contributed by atoms with E-state index in [9.17, 15) is 9.90 Å². The predicted molar refractivity (Wildman–Crippen MR) is 112 cm³/mol. The van der Waals surface area contributed by atoms with Crippen molar-refractivity contribution in [1.82, 2.24) is 5.32 Å². The molecule has 0 aliphatic carbocycles. The van der Waals surface area contributed by atoms with E-state index in [1.54, 1.807) is 31.4 Å². The van der Waals surface area contributed by atoms with E-state index < -0.39 is 0 Å². The van der Waals surface area contributed by atoms with Gasteiger partial charge in [0.2, 0.25) is 5.91 Å². The third-order valence-electron chi connectivity index (χ3n) is 4.24. The average Bonchev–Trinajstić information content (AvgIpc) is 2.70. The molecule has 0 radical (unpaired) electrons. The standard InChI is InChI=1S/C23H29NO4/c1-3-4-5-15-28-22-17-19(9-11-21(22)27-2)10-12-23(26)24-14-13-18-7-6-8-20(25)16-18/h6-12,16-17,25H,3-5,13-15H2,1-2H3,(H,24,26)/b12-10+. The molecule has 0 aliphatic rings. The van der Waals surface area contributed by atoms with Gasteiger partial charge in [0.05, 0.1) is 13.7 Å². The first-order valence-electron chi connectivity index (χ1n) is 9.67. The Morgan fingerprint density at radius 1 is 1.14 bits per heavy atom. The van der Waals surface area contributed by atoms with Crippen molar-refractivity contribution in [3.8, 4) is 17.2 Å². The van der Waals surface area contributed by atoms with Crippen molar-refractivity contribution < 1.29 is 19.4 Å². The number of benzene rings is 2. The second-order valence-electron chi connectivity index (χ2n) is 6.51. The van der Waals surface area contributed by atoms with Gasteiger partial charge < -0.3 is 19.9 Å². The highest BCUT2D eigenvalue weighted by atomic mass is 16.5. The minimum atomic E-state index is -0.165. The molecule has 0 unspecified atom stereocenters. The summed E-state index contributed by atoms with van der Waals surface area (Å²) in [6.07, 6.45) is 7.19. The summed E-state index contributed by atoms with van der Waals surface area (Å²) < 4.78 is 11.2. The van der Waals surface area contributed by atoms with Gasteiger partial charge >= 0.3 is 0 Å². The van der Waals surface area contributed by atoms with Gasteiger partial charge in [-0.2, -0.15) is 0 Å². The van der Waals surface area contributed by atoms with Crippen molar-refractivity contribution in [3.05, 3.63) is 59.7 Å². The zero-order chi connectivity index (χ0) is 20.2. The number of methoxy groups -OCH3 is 1. The Morgan fingerprint density at radius 3 is 2.75 bits per heavy atom. The van der Waals surface area contributed by atoms with Gasteiger partial charge in [-0.3, -0.25) is 4.79 Å². The molecule has 150 valence electrons. The normalized spacial score (nSPS) is 10.8. The fourth-order valence-corrected chi connectivity index (χ4v) is 2.72. The molecular weight excluding hydrogens is 354 g/mol. The van der Waals surface area contributed by atoms with E-state index >= 15 is 0 Å². The summed E-state index contributed by atoms with van der Waals surface area (Å²) in [5, 5.41) is 12.3. The highest BCUT2D eigenvalue weighted by Gasteiger charge is 2.05. The Morgan fingerprint density at radius 2 is 2.00 bits per heavy atom. The molecule has 2 aromatic carbocycles. The van der Waals surface area contributed by atoms with E-state index in [-0.39, 0.29) is 11.7 Å². The lowest BCUT2D eigenvalue weighted by molar-refractivity contribution is -0.116. The molecular formula is C23H29NO4. The Kier molecular flexibility index (Phi) is 8.92. The lowest BCUT2D eigenvalue weighted by atomic mass is 10.1.